The van der Waals surface area contributed by atoms with Crippen molar-refractivity contribution in [1.82, 2.24) is 10.9 Å². The molecule has 2 N–H and O–H groups in total. The fourth-order valence-corrected chi connectivity index (χ4v) is 1.93. The second kappa shape index (κ2) is 10.3. The van der Waals surface area contributed by atoms with E-state index in [4.69, 9.17) is 19.5 Å². The number of hydrazine groups is 1. The fraction of sp³-hybridized carbons (Fsp3) is 0.211. The molecule has 8 nitrogen and oxygen atoms in total. The first-order valence-corrected chi connectivity index (χ1v) is 8.17. The number of carbonyl (C=O) groups excluding carboxylic acids is 2. The summed E-state index contributed by atoms with van der Waals surface area (Å²) in [7, 11) is 0. The van der Waals surface area contributed by atoms with E-state index in [1.165, 1.54) is 0 Å². The molecule has 2 aromatic rings. The maximum absolute atomic E-state index is 11.7. The van der Waals surface area contributed by atoms with Gasteiger partial charge in [-0.2, -0.15) is 5.26 Å². The van der Waals surface area contributed by atoms with Crippen LogP contribution in [0.1, 0.15) is 12.5 Å². The van der Waals surface area contributed by atoms with Crippen molar-refractivity contribution in [3.63, 3.8) is 0 Å². The predicted octanol–water partition coefficient (Wildman–Crippen LogP) is 1.56. The first kappa shape index (κ1) is 19.6. The molecule has 0 aliphatic heterocycles. The molecule has 140 valence electrons. The van der Waals surface area contributed by atoms with Crippen LogP contribution in [0, 0.1) is 11.3 Å². The van der Waals surface area contributed by atoms with Crippen LogP contribution >= 0.6 is 0 Å². The molecule has 0 heterocycles. The fourth-order valence-electron chi connectivity index (χ4n) is 1.93. The van der Waals surface area contributed by atoms with Crippen LogP contribution in [0.25, 0.3) is 0 Å². The summed E-state index contributed by atoms with van der Waals surface area (Å²) in [6.45, 7) is 1.91. The molecule has 0 spiro atoms. The summed E-state index contributed by atoms with van der Waals surface area (Å²) >= 11 is 0. The summed E-state index contributed by atoms with van der Waals surface area (Å²) in [5.41, 5.74) is 4.94. The van der Waals surface area contributed by atoms with Crippen LogP contribution < -0.4 is 25.1 Å². The van der Waals surface area contributed by atoms with E-state index in [2.05, 4.69) is 10.9 Å². The third kappa shape index (κ3) is 6.96. The van der Waals surface area contributed by atoms with Gasteiger partial charge in [-0.05, 0) is 55.5 Å². The van der Waals surface area contributed by atoms with Crippen LogP contribution in [0.4, 0.5) is 0 Å². The summed E-state index contributed by atoms with van der Waals surface area (Å²) in [4.78, 5) is 23.3. The summed E-state index contributed by atoms with van der Waals surface area (Å²) in [6, 6.07) is 15.1. The average Bonchev–Trinajstić information content (AvgIpc) is 2.70. The molecule has 2 amide bonds. The van der Waals surface area contributed by atoms with Crippen molar-refractivity contribution in [2.24, 2.45) is 0 Å². The van der Waals surface area contributed by atoms with Crippen molar-refractivity contribution in [1.29, 1.82) is 5.26 Å². The number of amides is 2. The lowest BCUT2D eigenvalue weighted by Gasteiger charge is -2.10. The zero-order valence-corrected chi connectivity index (χ0v) is 14.7. The molecule has 27 heavy (non-hydrogen) atoms. The van der Waals surface area contributed by atoms with Gasteiger partial charge in [-0.3, -0.25) is 20.4 Å². The number of hydrogen-bond acceptors (Lipinski definition) is 6. The van der Waals surface area contributed by atoms with Gasteiger partial charge in [0.2, 0.25) is 0 Å². The molecule has 0 bridgehead atoms. The zero-order chi connectivity index (χ0) is 19.5. The maximum Gasteiger partial charge on any atom is 0.276 e. The molecular weight excluding hydrogens is 350 g/mol. The summed E-state index contributed by atoms with van der Waals surface area (Å²) in [5.74, 6) is 0.603. The van der Waals surface area contributed by atoms with Crippen molar-refractivity contribution in [2.75, 3.05) is 19.8 Å². The third-order valence-electron chi connectivity index (χ3n) is 3.20. The number of carbonyl (C=O) groups is 2. The number of nitrogens with zero attached hydrogens (tertiary/aromatic N) is 1. The topological polar surface area (TPSA) is 110 Å². The van der Waals surface area contributed by atoms with E-state index in [1.54, 1.807) is 48.5 Å². The number of nitrogens with one attached hydrogen (secondary N) is 2. The monoisotopic (exact) mass is 369 g/mol. The van der Waals surface area contributed by atoms with Crippen LogP contribution in [-0.4, -0.2) is 31.6 Å². The number of nitriles is 1. The second-order valence-corrected chi connectivity index (χ2v) is 5.21. The van der Waals surface area contributed by atoms with E-state index in [9.17, 15) is 9.59 Å². The van der Waals surface area contributed by atoms with E-state index in [1.807, 2.05) is 13.0 Å². The minimum absolute atomic E-state index is 0.259. The van der Waals surface area contributed by atoms with E-state index < -0.39 is 11.8 Å². The van der Waals surface area contributed by atoms with Crippen LogP contribution in [0.15, 0.2) is 48.5 Å². The smallest absolute Gasteiger partial charge is 0.276 e. The van der Waals surface area contributed by atoms with Gasteiger partial charge in [0.1, 0.15) is 17.2 Å². The minimum atomic E-state index is -0.534. The Morgan fingerprint density at radius 2 is 1.22 bits per heavy atom. The van der Waals surface area contributed by atoms with Gasteiger partial charge >= 0.3 is 0 Å². The maximum atomic E-state index is 11.7. The normalized spacial score (nSPS) is 9.63. The second-order valence-electron chi connectivity index (χ2n) is 5.21. The highest BCUT2D eigenvalue weighted by Crippen LogP contribution is 2.17. The molecular formula is C19H19N3O5. The molecule has 0 aromatic heterocycles. The average molecular weight is 369 g/mol. The van der Waals surface area contributed by atoms with Crippen molar-refractivity contribution in [2.45, 2.75) is 6.92 Å². The number of benzene rings is 2. The van der Waals surface area contributed by atoms with Gasteiger partial charge in [-0.25, -0.2) is 0 Å². The predicted molar refractivity (Wildman–Crippen MR) is 96.0 cm³/mol. The SMILES string of the molecule is CCOc1ccc(OCC(=O)NNC(=O)COc2ccc(C#N)cc2)cc1. The molecule has 0 fully saturated rings. The van der Waals surface area contributed by atoms with E-state index >= 15 is 0 Å². The summed E-state index contributed by atoms with van der Waals surface area (Å²) in [6.07, 6.45) is 0. The van der Waals surface area contributed by atoms with Crippen LogP contribution in [-0.2, 0) is 9.59 Å². The van der Waals surface area contributed by atoms with Gasteiger partial charge < -0.3 is 14.2 Å². The first-order chi connectivity index (χ1) is 13.1. The first-order valence-electron chi connectivity index (χ1n) is 8.17. The Labute approximate surface area is 156 Å². The van der Waals surface area contributed by atoms with Crippen LogP contribution in [0.3, 0.4) is 0 Å². The van der Waals surface area contributed by atoms with Crippen LogP contribution in [0.2, 0.25) is 0 Å². The molecule has 0 saturated heterocycles. The van der Waals surface area contributed by atoms with Gasteiger partial charge in [-0.15, -0.1) is 0 Å². The Kier molecular flexibility index (Phi) is 7.48. The quantitative estimate of drug-likeness (QED) is 0.684. The van der Waals surface area contributed by atoms with Gasteiger partial charge in [0.15, 0.2) is 13.2 Å². The molecule has 0 radical (unpaired) electrons. The molecule has 2 aromatic carbocycles. The number of hydrogen-bond donors (Lipinski definition) is 2. The zero-order valence-electron chi connectivity index (χ0n) is 14.7. The number of ether oxygens (including phenoxy) is 3. The van der Waals surface area contributed by atoms with Gasteiger partial charge in [-0.1, -0.05) is 0 Å². The van der Waals surface area contributed by atoms with Gasteiger partial charge in [0.05, 0.1) is 18.2 Å². The molecule has 0 aliphatic carbocycles. The van der Waals surface area contributed by atoms with Gasteiger partial charge in [0, 0.05) is 0 Å². The highest BCUT2D eigenvalue weighted by atomic mass is 16.5. The molecule has 0 unspecified atom stereocenters. The minimum Gasteiger partial charge on any atom is -0.494 e. The third-order valence-corrected chi connectivity index (χ3v) is 3.20. The molecule has 8 heteroatoms. The molecule has 0 aliphatic rings. The molecule has 0 atom stereocenters. The van der Waals surface area contributed by atoms with Crippen molar-refractivity contribution < 1.29 is 23.8 Å². The largest absolute Gasteiger partial charge is 0.494 e. The van der Waals surface area contributed by atoms with Gasteiger partial charge in [0.25, 0.3) is 11.8 Å². The van der Waals surface area contributed by atoms with Crippen LogP contribution in [0.5, 0.6) is 17.2 Å². The summed E-state index contributed by atoms with van der Waals surface area (Å²) < 4.78 is 15.9. The number of rotatable bonds is 8. The van der Waals surface area contributed by atoms with Crippen molar-refractivity contribution in [3.8, 4) is 23.3 Å². The summed E-state index contributed by atoms with van der Waals surface area (Å²) in [5, 5.41) is 8.71. The Morgan fingerprint density at radius 1 is 0.815 bits per heavy atom. The Balaban J connectivity index is 1.65. The lowest BCUT2D eigenvalue weighted by molar-refractivity contribution is -0.131. The highest BCUT2D eigenvalue weighted by molar-refractivity contribution is 5.83. The van der Waals surface area contributed by atoms with E-state index in [0.29, 0.717) is 29.4 Å². The lowest BCUT2D eigenvalue weighted by atomic mass is 10.2. The molecule has 0 saturated carbocycles. The van der Waals surface area contributed by atoms with E-state index in [0.717, 1.165) is 0 Å². The Morgan fingerprint density at radius 3 is 1.63 bits per heavy atom. The standard InChI is InChI=1S/C19H19N3O5/c1-2-25-15-7-9-17(10-8-15)27-13-19(24)22-21-18(23)12-26-16-5-3-14(11-20)4-6-16/h3-10H,2,12-13H2,1H3,(H,21,23)(H,22,24). The van der Waals surface area contributed by atoms with Crippen molar-refractivity contribution in [3.05, 3.63) is 54.1 Å². The Bertz CT molecular complexity index is 798. The lowest BCUT2D eigenvalue weighted by Crippen LogP contribution is -2.45. The molecule has 2 rings (SSSR count). The van der Waals surface area contributed by atoms with E-state index in [-0.39, 0.29) is 13.2 Å². The van der Waals surface area contributed by atoms with Crippen molar-refractivity contribution >= 4 is 11.8 Å². The Hall–Kier alpha value is -3.73. The highest BCUT2D eigenvalue weighted by Gasteiger charge is 2.07.